The third-order valence-electron chi connectivity index (χ3n) is 5.97. The van der Waals surface area contributed by atoms with Gasteiger partial charge in [0.25, 0.3) is 5.91 Å². The Morgan fingerprint density at radius 1 is 1.21 bits per heavy atom. The number of hydrogen-bond donors (Lipinski definition) is 2. The SMILES string of the molecule is CN1CC[C@@](O)(c2cccc(-c3nc(-c4ccnc(NCCc5cnn(C)c5)n4)cs3)c2)C1=O. The van der Waals surface area contributed by atoms with Crippen molar-refractivity contribution in [2.75, 3.05) is 25.5 Å². The van der Waals surface area contributed by atoms with Crippen molar-refractivity contribution in [1.82, 2.24) is 29.6 Å². The van der Waals surface area contributed by atoms with Gasteiger partial charge in [-0.15, -0.1) is 11.3 Å². The monoisotopic (exact) mass is 475 g/mol. The Kier molecular flexibility index (Phi) is 5.84. The lowest BCUT2D eigenvalue weighted by Crippen LogP contribution is -2.36. The second-order valence-corrected chi connectivity index (χ2v) is 9.28. The van der Waals surface area contributed by atoms with E-state index in [1.807, 2.05) is 49.1 Å². The lowest BCUT2D eigenvalue weighted by Gasteiger charge is -2.21. The Morgan fingerprint density at radius 2 is 2.09 bits per heavy atom. The number of benzene rings is 1. The number of aliphatic hydroxyl groups is 1. The predicted molar refractivity (Wildman–Crippen MR) is 130 cm³/mol. The zero-order valence-corrected chi connectivity index (χ0v) is 19.8. The summed E-state index contributed by atoms with van der Waals surface area (Å²) in [5.41, 5.74) is 2.59. The van der Waals surface area contributed by atoms with E-state index in [0.717, 1.165) is 33.9 Å². The standard InChI is InChI=1S/C24H25N7O2S/c1-30-11-8-24(33,22(30)32)18-5-3-4-17(12-18)21-28-20(15-34-21)19-7-10-26-23(29-19)25-9-6-16-13-27-31(2)14-16/h3-5,7,10,12-15,33H,6,8-9,11H2,1-2H3,(H,25,26,29)/t24-/m1/s1. The molecule has 0 spiro atoms. The van der Waals surface area contributed by atoms with E-state index < -0.39 is 5.60 Å². The number of nitrogens with one attached hydrogen (secondary N) is 1. The van der Waals surface area contributed by atoms with Crippen LogP contribution in [0.15, 0.2) is 54.3 Å². The number of anilines is 1. The van der Waals surface area contributed by atoms with E-state index in [1.165, 1.54) is 11.3 Å². The van der Waals surface area contributed by atoms with Crippen molar-refractivity contribution in [1.29, 1.82) is 0 Å². The van der Waals surface area contributed by atoms with Crippen LogP contribution in [0.3, 0.4) is 0 Å². The van der Waals surface area contributed by atoms with E-state index in [0.29, 0.717) is 31.0 Å². The number of amides is 1. The average Bonchev–Trinajstić information content (AvgIpc) is 3.57. The van der Waals surface area contributed by atoms with Crippen molar-refractivity contribution >= 4 is 23.2 Å². The molecule has 0 aliphatic carbocycles. The first-order chi connectivity index (χ1) is 16.4. The number of carbonyl (C=O) groups is 1. The van der Waals surface area contributed by atoms with E-state index in [1.54, 1.807) is 28.9 Å². The van der Waals surface area contributed by atoms with Gasteiger partial charge in [0.15, 0.2) is 5.60 Å². The van der Waals surface area contributed by atoms with Gasteiger partial charge in [-0.2, -0.15) is 5.10 Å². The maximum absolute atomic E-state index is 12.5. The Balaban J connectivity index is 1.31. The molecular weight excluding hydrogens is 450 g/mol. The van der Waals surface area contributed by atoms with Gasteiger partial charge in [0, 0.05) is 56.9 Å². The molecule has 4 heterocycles. The second-order valence-electron chi connectivity index (χ2n) is 8.42. The first-order valence-electron chi connectivity index (χ1n) is 11.0. The van der Waals surface area contributed by atoms with Crippen molar-refractivity contribution < 1.29 is 9.90 Å². The normalized spacial score (nSPS) is 18.0. The highest BCUT2D eigenvalue weighted by Gasteiger charge is 2.45. The number of carbonyl (C=O) groups excluding carboxylic acids is 1. The molecule has 1 saturated heterocycles. The smallest absolute Gasteiger partial charge is 0.258 e. The van der Waals surface area contributed by atoms with Crippen LogP contribution in [0.1, 0.15) is 17.5 Å². The van der Waals surface area contributed by atoms with Gasteiger partial charge in [0.1, 0.15) is 10.7 Å². The summed E-state index contributed by atoms with van der Waals surface area (Å²) in [6.45, 7) is 1.23. The molecule has 0 saturated carbocycles. The summed E-state index contributed by atoms with van der Waals surface area (Å²) in [6, 6.07) is 9.26. The minimum absolute atomic E-state index is 0.269. The van der Waals surface area contributed by atoms with Crippen LogP contribution in [0.25, 0.3) is 22.0 Å². The Bertz CT molecular complexity index is 1330. The predicted octanol–water partition coefficient (Wildman–Crippen LogP) is 2.70. The highest BCUT2D eigenvalue weighted by molar-refractivity contribution is 7.13. The number of aromatic nitrogens is 5. The van der Waals surface area contributed by atoms with Crippen LogP contribution in [0.4, 0.5) is 5.95 Å². The number of nitrogens with zero attached hydrogens (tertiary/aromatic N) is 6. The lowest BCUT2D eigenvalue weighted by atomic mass is 9.91. The Labute approximate surface area is 201 Å². The maximum Gasteiger partial charge on any atom is 0.258 e. The summed E-state index contributed by atoms with van der Waals surface area (Å²) in [6.07, 6.45) is 6.76. The molecule has 1 fully saturated rings. The molecule has 3 aromatic heterocycles. The van der Waals surface area contributed by atoms with Crippen molar-refractivity contribution in [2.45, 2.75) is 18.4 Å². The van der Waals surface area contributed by atoms with Crippen LogP contribution in [0.2, 0.25) is 0 Å². The van der Waals surface area contributed by atoms with Crippen molar-refractivity contribution in [3.05, 3.63) is 65.4 Å². The molecule has 9 nitrogen and oxygen atoms in total. The van der Waals surface area contributed by atoms with Crippen LogP contribution >= 0.6 is 11.3 Å². The molecular formula is C24H25N7O2S. The van der Waals surface area contributed by atoms with Crippen LogP contribution in [-0.2, 0) is 23.9 Å². The summed E-state index contributed by atoms with van der Waals surface area (Å²) in [5, 5.41) is 21.2. The molecule has 5 rings (SSSR count). The molecule has 0 radical (unpaired) electrons. The molecule has 1 aliphatic heterocycles. The summed E-state index contributed by atoms with van der Waals surface area (Å²) >= 11 is 1.49. The van der Waals surface area contributed by atoms with Crippen molar-refractivity contribution in [3.8, 4) is 22.0 Å². The summed E-state index contributed by atoms with van der Waals surface area (Å²) in [7, 11) is 3.61. The van der Waals surface area contributed by atoms with Crippen LogP contribution < -0.4 is 5.32 Å². The number of thiazole rings is 1. The van der Waals surface area contributed by atoms with E-state index in [9.17, 15) is 9.90 Å². The van der Waals surface area contributed by atoms with Gasteiger partial charge in [-0.1, -0.05) is 18.2 Å². The Hall–Kier alpha value is -3.63. The van der Waals surface area contributed by atoms with Crippen molar-refractivity contribution in [2.24, 2.45) is 7.05 Å². The van der Waals surface area contributed by atoms with Crippen LogP contribution in [0.5, 0.6) is 0 Å². The molecule has 1 atom stereocenters. The fourth-order valence-corrected chi connectivity index (χ4v) is 4.87. The van der Waals surface area contributed by atoms with E-state index >= 15 is 0 Å². The highest BCUT2D eigenvalue weighted by atomic mass is 32.1. The fraction of sp³-hybridized carbons (Fsp3) is 0.292. The van der Waals surface area contributed by atoms with Crippen molar-refractivity contribution in [3.63, 3.8) is 0 Å². The van der Waals surface area contributed by atoms with Gasteiger partial charge in [0.2, 0.25) is 5.95 Å². The fourth-order valence-electron chi connectivity index (χ4n) is 4.06. The number of rotatable bonds is 7. The molecule has 0 unspecified atom stereocenters. The minimum atomic E-state index is -1.48. The van der Waals surface area contributed by atoms with E-state index in [-0.39, 0.29) is 5.91 Å². The number of likely N-dealkylation sites (N-methyl/N-ethyl adjacent to an activating group) is 1. The van der Waals surface area contributed by atoms with Gasteiger partial charge in [-0.05, 0) is 29.7 Å². The quantitative estimate of drug-likeness (QED) is 0.423. The summed E-state index contributed by atoms with van der Waals surface area (Å²) in [4.78, 5) is 27.7. The lowest BCUT2D eigenvalue weighted by molar-refractivity contribution is -0.143. The topological polar surface area (TPSA) is 109 Å². The zero-order valence-electron chi connectivity index (χ0n) is 19.0. The van der Waals surface area contributed by atoms with E-state index in [2.05, 4.69) is 20.4 Å². The zero-order chi connectivity index (χ0) is 23.7. The number of aryl methyl sites for hydroxylation is 1. The van der Waals surface area contributed by atoms with Crippen LogP contribution in [-0.4, -0.2) is 60.8 Å². The third kappa shape index (κ3) is 4.29. The average molecular weight is 476 g/mol. The Morgan fingerprint density at radius 3 is 2.85 bits per heavy atom. The number of likely N-dealkylation sites (tertiary alicyclic amines) is 1. The van der Waals surface area contributed by atoms with Gasteiger partial charge in [0.05, 0.1) is 11.9 Å². The maximum atomic E-state index is 12.5. The summed E-state index contributed by atoms with van der Waals surface area (Å²) in [5.74, 6) is 0.276. The van der Waals surface area contributed by atoms with Gasteiger partial charge in [-0.25, -0.2) is 15.0 Å². The molecule has 1 aliphatic rings. The molecule has 174 valence electrons. The molecule has 1 aromatic carbocycles. The molecule has 0 bridgehead atoms. The van der Waals surface area contributed by atoms with Gasteiger partial charge in [-0.3, -0.25) is 9.48 Å². The molecule has 10 heteroatoms. The first kappa shape index (κ1) is 22.2. The largest absolute Gasteiger partial charge is 0.375 e. The van der Waals surface area contributed by atoms with Gasteiger partial charge >= 0.3 is 0 Å². The molecule has 2 N–H and O–H groups in total. The molecule has 4 aromatic rings. The third-order valence-corrected chi connectivity index (χ3v) is 6.87. The molecule has 1 amide bonds. The van der Waals surface area contributed by atoms with Crippen LogP contribution in [0, 0.1) is 0 Å². The molecule has 34 heavy (non-hydrogen) atoms. The summed E-state index contributed by atoms with van der Waals surface area (Å²) < 4.78 is 1.78. The second kappa shape index (κ2) is 8.96. The first-order valence-corrected chi connectivity index (χ1v) is 11.9. The van der Waals surface area contributed by atoms with E-state index in [4.69, 9.17) is 4.98 Å². The van der Waals surface area contributed by atoms with Gasteiger partial charge < -0.3 is 15.3 Å². The minimum Gasteiger partial charge on any atom is -0.375 e. The highest BCUT2D eigenvalue weighted by Crippen LogP contribution is 2.36. The number of hydrogen-bond acceptors (Lipinski definition) is 8.